The number of anilines is 1. The standard InChI is InChI=1S/C25H33N5O5S/c1-4-35-25(34)29-12-10-28(11-13-29)22(32)14-20-17-36-24(26-20)27-21(31)16-30(15-18(2)3)23(33)19-8-6-5-7-9-19/h5-9,17-18H,4,10-16H2,1-3H3,(H,26,27,31). The van der Waals surface area contributed by atoms with Crippen molar-refractivity contribution in [2.24, 2.45) is 5.92 Å². The number of hydrogen-bond donors (Lipinski definition) is 1. The van der Waals surface area contributed by atoms with Crippen LogP contribution in [0.2, 0.25) is 0 Å². The van der Waals surface area contributed by atoms with E-state index < -0.39 is 0 Å². The van der Waals surface area contributed by atoms with E-state index in [1.807, 2.05) is 19.9 Å². The Kier molecular flexibility index (Phi) is 9.80. The van der Waals surface area contributed by atoms with Crippen LogP contribution in [0, 0.1) is 5.92 Å². The molecule has 0 saturated carbocycles. The molecule has 1 aliphatic heterocycles. The third kappa shape index (κ3) is 7.77. The van der Waals surface area contributed by atoms with E-state index in [1.165, 1.54) is 16.2 Å². The maximum atomic E-state index is 12.9. The third-order valence-corrected chi connectivity index (χ3v) is 6.32. The fourth-order valence-electron chi connectivity index (χ4n) is 3.82. The normalized spacial score (nSPS) is 13.4. The number of hydrogen-bond acceptors (Lipinski definition) is 7. The third-order valence-electron chi connectivity index (χ3n) is 5.52. The number of piperazine rings is 1. The highest BCUT2D eigenvalue weighted by molar-refractivity contribution is 7.13. The molecule has 0 radical (unpaired) electrons. The van der Waals surface area contributed by atoms with Crippen LogP contribution >= 0.6 is 11.3 Å². The Morgan fingerprint density at radius 2 is 1.75 bits per heavy atom. The zero-order valence-corrected chi connectivity index (χ0v) is 21.8. The second-order valence-electron chi connectivity index (χ2n) is 8.88. The smallest absolute Gasteiger partial charge is 0.409 e. The van der Waals surface area contributed by atoms with Crippen molar-refractivity contribution in [3.63, 3.8) is 0 Å². The molecule has 0 bridgehead atoms. The van der Waals surface area contributed by atoms with Crippen molar-refractivity contribution in [3.05, 3.63) is 47.0 Å². The molecule has 11 heteroatoms. The minimum Gasteiger partial charge on any atom is -0.450 e. The van der Waals surface area contributed by atoms with E-state index in [0.717, 1.165) is 0 Å². The molecule has 194 valence electrons. The lowest BCUT2D eigenvalue weighted by Gasteiger charge is -2.34. The zero-order chi connectivity index (χ0) is 26.1. The van der Waals surface area contributed by atoms with Gasteiger partial charge in [-0.25, -0.2) is 9.78 Å². The number of nitrogens with one attached hydrogen (secondary N) is 1. The topological polar surface area (TPSA) is 112 Å². The Bertz CT molecular complexity index is 1050. The van der Waals surface area contributed by atoms with Crippen molar-refractivity contribution >= 4 is 40.3 Å². The molecule has 3 rings (SSSR count). The van der Waals surface area contributed by atoms with Gasteiger partial charge in [-0.15, -0.1) is 11.3 Å². The fourth-order valence-corrected chi connectivity index (χ4v) is 4.55. The molecule has 1 saturated heterocycles. The van der Waals surface area contributed by atoms with Crippen molar-refractivity contribution in [2.45, 2.75) is 27.2 Å². The maximum absolute atomic E-state index is 12.9. The summed E-state index contributed by atoms with van der Waals surface area (Å²) in [5.74, 6) is -0.435. The van der Waals surface area contributed by atoms with Crippen LogP contribution in [-0.4, -0.2) is 89.4 Å². The highest BCUT2D eigenvalue weighted by Gasteiger charge is 2.25. The molecular weight excluding hydrogens is 482 g/mol. The second-order valence-corrected chi connectivity index (χ2v) is 9.74. The van der Waals surface area contributed by atoms with Crippen molar-refractivity contribution in [1.29, 1.82) is 0 Å². The number of rotatable bonds is 9. The Hall–Kier alpha value is -3.47. The molecule has 4 amide bonds. The van der Waals surface area contributed by atoms with Gasteiger partial charge in [0.1, 0.15) is 6.54 Å². The van der Waals surface area contributed by atoms with Crippen molar-refractivity contribution in [3.8, 4) is 0 Å². The van der Waals surface area contributed by atoms with Gasteiger partial charge < -0.3 is 24.8 Å². The number of amides is 4. The number of ether oxygens (including phenoxy) is 1. The van der Waals surface area contributed by atoms with Crippen molar-refractivity contribution in [1.82, 2.24) is 19.7 Å². The van der Waals surface area contributed by atoms with Gasteiger partial charge in [0.15, 0.2) is 5.13 Å². The second kappa shape index (κ2) is 13.0. The van der Waals surface area contributed by atoms with Gasteiger partial charge in [0.05, 0.1) is 18.7 Å². The van der Waals surface area contributed by atoms with Crippen LogP contribution in [0.4, 0.5) is 9.93 Å². The number of benzene rings is 1. The van der Waals surface area contributed by atoms with Crippen molar-refractivity contribution in [2.75, 3.05) is 51.2 Å². The SMILES string of the molecule is CCOC(=O)N1CCN(C(=O)Cc2csc(NC(=O)CN(CC(C)C)C(=O)c3ccccc3)n2)CC1. The summed E-state index contributed by atoms with van der Waals surface area (Å²) in [5.41, 5.74) is 1.09. The molecule has 1 fully saturated rings. The van der Waals surface area contributed by atoms with E-state index in [2.05, 4.69) is 10.3 Å². The first-order chi connectivity index (χ1) is 17.3. The molecule has 0 atom stereocenters. The van der Waals surface area contributed by atoms with Gasteiger partial charge in [0, 0.05) is 43.7 Å². The molecular formula is C25H33N5O5S. The summed E-state index contributed by atoms with van der Waals surface area (Å²) in [6, 6.07) is 8.88. The van der Waals surface area contributed by atoms with Gasteiger partial charge in [-0.05, 0) is 25.0 Å². The summed E-state index contributed by atoms with van der Waals surface area (Å²) in [6.45, 7) is 8.14. The molecule has 10 nitrogen and oxygen atoms in total. The highest BCUT2D eigenvalue weighted by Crippen LogP contribution is 2.17. The van der Waals surface area contributed by atoms with Gasteiger partial charge >= 0.3 is 6.09 Å². The van der Waals surface area contributed by atoms with Crippen LogP contribution in [0.3, 0.4) is 0 Å². The quantitative estimate of drug-likeness (QED) is 0.550. The van der Waals surface area contributed by atoms with E-state index in [0.29, 0.717) is 55.7 Å². The Balaban J connectivity index is 1.51. The molecule has 2 aromatic rings. The van der Waals surface area contributed by atoms with E-state index in [4.69, 9.17) is 4.74 Å². The maximum Gasteiger partial charge on any atom is 0.409 e. The van der Waals surface area contributed by atoms with E-state index in [1.54, 1.807) is 46.4 Å². The molecule has 1 aromatic carbocycles. The predicted octanol–water partition coefficient (Wildman–Crippen LogP) is 2.72. The summed E-state index contributed by atoms with van der Waals surface area (Å²) >= 11 is 1.24. The molecule has 0 aliphatic carbocycles. The Morgan fingerprint density at radius 1 is 1.08 bits per heavy atom. The summed E-state index contributed by atoms with van der Waals surface area (Å²) in [4.78, 5) is 59.3. The van der Waals surface area contributed by atoms with E-state index in [9.17, 15) is 19.2 Å². The lowest BCUT2D eigenvalue weighted by atomic mass is 10.1. The highest BCUT2D eigenvalue weighted by atomic mass is 32.1. The van der Waals surface area contributed by atoms with Crippen LogP contribution < -0.4 is 5.32 Å². The number of thiazole rings is 1. The average Bonchev–Trinajstić information content (AvgIpc) is 3.30. The van der Waals surface area contributed by atoms with E-state index >= 15 is 0 Å². The average molecular weight is 516 g/mol. The van der Waals surface area contributed by atoms with Crippen molar-refractivity contribution < 1.29 is 23.9 Å². The fraction of sp³-hybridized carbons (Fsp3) is 0.480. The summed E-state index contributed by atoms with van der Waals surface area (Å²) in [7, 11) is 0. The predicted molar refractivity (Wildman–Crippen MR) is 137 cm³/mol. The largest absolute Gasteiger partial charge is 0.450 e. The number of nitrogens with zero attached hydrogens (tertiary/aromatic N) is 4. The minimum atomic E-state index is -0.359. The molecule has 2 heterocycles. The first kappa shape index (κ1) is 27.1. The van der Waals surface area contributed by atoms with Crippen LogP contribution in [0.5, 0.6) is 0 Å². The molecule has 36 heavy (non-hydrogen) atoms. The van der Waals surface area contributed by atoms with Crippen LogP contribution in [0.25, 0.3) is 0 Å². The van der Waals surface area contributed by atoms with Crippen LogP contribution in [0.1, 0.15) is 36.8 Å². The molecule has 1 N–H and O–H groups in total. The van der Waals surface area contributed by atoms with Crippen LogP contribution in [-0.2, 0) is 20.7 Å². The Labute approximate surface area is 215 Å². The number of carbonyl (C=O) groups is 4. The number of aromatic nitrogens is 1. The molecule has 0 unspecified atom stereocenters. The van der Waals surface area contributed by atoms with Gasteiger partial charge in [0.25, 0.3) is 5.91 Å². The van der Waals surface area contributed by atoms with E-state index in [-0.39, 0.29) is 42.7 Å². The first-order valence-electron chi connectivity index (χ1n) is 12.0. The molecule has 1 aliphatic rings. The minimum absolute atomic E-state index is 0.0850. The summed E-state index contributed by atoms with van der Waals surface area (Å²) < 4.78 is 5.00. The molecule has 1 aromatic heterocycles. The monoisotopic (exact) mass is 515 g/mol. The summed E-state index contributed by atoms with van der Waals surface area (Å²) in [5, 5.41) is 4.87. The first-order valence-corrected chi connectivity index (χ1v) is 12.9. The van der Waals surface area contributed by atoms with Gasteiger partial charge in [-0.2, -0.15) is 0 Å². The zero-order valence-electron chi connectivity index (χ0n) is 20.9. The number of carbonyl (C=O) groups excluding carboxylic acids is 4. The lowest BCUT2D eigenvalue weighted by Crippen LogP contribution is -2.51. The van der Waals surface area contributed by atoms with Gasteiger partial charge in [-0.3, -0.25) is 14.4 Å². The van der Waals surface area contributed by atoms with Gasteiger partial charge in [0.2, 0.25) is 11.8 Å². The van der Waals surface area contributed by atoms with Crippen LogP contribution in [0.15, 0.2) is 35.7 Å². The summed E-state index contributed by atoms with van der Waals surface area (Å²) in [6.07, 6.45) is -0.250. The van der Waals surface area contributed by atoms with Gasteiger partial charge in [-0.1, -0.05) is 32.0 Å². The lowest BCUT2D eigenvalue weighted by molar-refractivity contribution is -0.132. The molecule has 0 spiro atoms. The Morgan fingerprint density at radius 3 is 2.39 bits per heavy atom.